The average Bonchev–Trinajstić information content (AvgIpc) is 4.06. The number of amides is 4. The third kappa shape index (κ3) is 9.14. The Morgan fingerprint density at radius 2 is 1.77 bits per heavy atom. The topological polar surface area (TPSA) is 185 Å². The molecule has 3 fully saturated rings. The fourth-order valence-corrected chi connectivity index (χ4v) is 8.65. The summed E-state index contributed by atoms with van der Waals surface area (Å²) in [6, 6.07) is 9.98. The molecule has 1 aliphatic heterocycles. The average molecular weight is 823 g/mol. The fraction of sp³-hybridized carbons (Fsp3) is 0.488. The number of nitrogens with one attached hydrogen (secondary N) is 4. The van der Waals surface area contributed by atoms with Gasteiger partial charge in [-0.15, -0.1) is 6.58 Å². The molecule has 0 unspecified atom stereocenters. The lowest BCUT2D eigenvalue weighted by Gasteiger charge is -2.36. The molecule has 1 aromatic heterocycles. The van der Waals surface area contributed by atoms with E-state index in [1.165, 1.54) is 24.3 Å². The second-order valence-corrected chi connectivity index (χ2v) is 19.6. The largest absolute Gasteiger partial charge is 0.494 e. The monoisotopic (exact) mass is 822 g/mol. The van der Waals surface area contributed by atoms with E-state index in [4.69, 9.17) is 21.1 Å². The van der Waals surface area contributed by atoms with E-state index in [-0.39, 0.29) is 31.2 Å². The molecule has 306 valence electrons. The number of carbonyl (C=O) groups is 4. The number of anilines is 1. The molecule has 5 atom stereocenters. The molecule has 0 bridgehead atoms. The Morgan fingerprint density at radius 1 is 1.05 bits per heavy atom. The third-order valence-corrected chi connectivity index (χ3v) is 12.5. The van der Waals surface area contributed by atoms with Crippen molar-refractivity contribution in [1.82, 2.24) is 25.2 Å². The summed E-state index contributed by atoms with van der Waals surface area (Å²) >= 11 is 6.37. The molecule has 1 saturated heterocycles. The van der Waals surface area contributed by atoms with Crippen LogP contribution in [0.4, 0.5) is 5.69 Å². The van der Waals surface area contributed by atoms with E-state index in [1.807, 2.05) is 41.5 Å². The number of hydrogen-bond acceptors (Lipinski definition) is 10. The van der Waals surface area contributed by atoms with Crippen molar-refractivity contribution in [2.45, 2.75) is 102 Å². The minimum Gasteiger partial charge on any atom is -0.494 e. The van der Waals surface area contributed by atoms with Gasteiger partial charge < -0.3 is 30.3 Å². The van der Waals surface area contributed by atoms with Crippen LogP contribution in [0.3, 0.4) is 0 Å². The minimum atomic E-state index is -3.91. The van der Waals surface area contributed by atoms with E-state index in [0.717, 1.165) is 0 Å². The molecular formula is C41H51ClN6O8S. The number of ether oxygens (including phenoxy) is 2. The number of likely N-dealkylation sites (tertiary alicyclic amines) is 1. The summed E-state index contributed by atoms with van der Waals surface area (Å²) in [4.78, 5) is 61.9. The predicted octanol–water partition coefficient (Wildman–Crippen LogP) is 4.97. The van der Waals surface area contributed by atoms with Crippen molar-refractivity contribution >= 4 is 61.7 Å². The van der Waals surface area contributed by atoms with Crippen molar-refractivity contribution in [3.63, 3.8) is 0 Å². The van der Waals surface area contributed by atoms with Crippen LogP contribution in [0.2, 0.25) is 5.02 Å². The molecule has 2 heterocycles. The molecule has 3 aromatic rings. The number of methoxy groups -OCH3 is 1. The molecule has 3 aliphatic rings. The van der Waals surface area contributed by atoms with Crippen LogP contribution in [-0.2, 0) is 24.4 Å². The molecule has 14 nitrogen and oxygen atoms in total. The molecule has 2 aliphatic carbocycles. The second-order valence-electron chi connectivity index (χ2n) is 17.2. The summed E-state index contributed by atoms with van der Waals surface area (Å²) in [5.41, 5.74) is -1.83. The van der Waals surface area contributed by atoms with E-state index in [0.29, 0.717) is 45.6 Å². The zero-order valence-corrected chi connectivity index (χ0v) is 34.8. The van der Waals surface area contributed by atoms with Gasteiger partial charge in [0.15, 0.2) is 0 Å². The second kappa shape index (κ2) is 15.5. The summed E-state index contributed by atoms with van der Waals surface area (Å²) in [6.07, 6.45) is 3.35. The van der Waals surface area contributed by atoms with Crippen molar-refractivity contribution in [3.8, 4) is 11.6 Å². The van der Waals surface area contributed by atoms with Crippen LogP contribution in [0.5, 0.6) is 11.6 Å². The number of fused-ring (bicyclic) bond motifs is 1. The zero-order chi connectivity index (χ0) is 41.7. The molecule has 4 amide bonds. The molecule has 0 spiro atoms. The first-order valence-corrected chi connectivity index (χ1v) is 20.9. The Kier molecular flexibility index (Phi) is 11.3. The Morgan fingerprint density at radius 3 is 2.39 bits per heavy atom. The van der Waals surface area contributed by atoms with Gasteiger partial charge in [0, 0.05) is 44.9 Å². The highest BCUT2D eigenvalue weighted by atomic mass is 35.5. The maximum atomic E-state index is 14.9. The normalized spacial score (nSPS) is 22.6. The number of nitrogens with zero attached hydrogens (tertiary/aromatic N) is 2. The van der Waals surface area contributed by atoms with Crippen molar-refractivity contribution in [3.05, 3.63) is 71.9 Å². The minimum absolute atomic E-state index is 0.0174. The molecule has 0 radical (unpaired) electrons. The third-order valence-electron chi connectivity index (χ3n) is 10.4. The van der Waals surface area contributed by atoms with Crippen LogP contribution >= 0.6 is 11.6 Å². The van der Waals surface area contributed by atoms with E-state index in [1.54, 1.807) is 42.5 Å². The van der Waals surface area contributed by atoms with Gasteiger partial charge in [0.2, 0.25) is 27.7 Å². The van der Waals surface area contributed by atoms with Gasteiger partial charge in [-0.25, -0.2) is 13.4 Å². The molecule has 2 saturated carbocycles. The van der Waals surface area contributed by atoms with Gasteiger partial charge in [0.25, 0.3) is 11.8 Å². The van der Waals surface area contributed by atoms with Gasteiger partial charge in [-0.05, 0) is 81.8 Å². The first kappa shape index (κ1) is 41.7. The summed E-state index contributed by atoms with van der Waals surface area (Å²) in [5, 5.41) is 10.2. The number of carbonyl (C=O) groups excluding carboxylic acids is 4. The van der Waals surface area contributed by atoms with Crippen LogP contribution in [0, 0.1) is 11.3 Å². The van der Waals surface area contributed by atoms with Crippen LogP contribution in [0.25, 0.3) is 10.8 Å². The Balaban J connectivity index is 1.32. The molecular weight excluding hydrogens is 772 g/mol. The van der Waals surface area contributed by atoms with Gasteiger partial charge >= 0.3 is 0 Å². The number of aromatic nitrogens is 1. The van der Waals surface area contributed by atoms with Gasteiger partial charge in [-0.1, -0.05) is 44.5 Å². The SMILES string of the molecule is C=C[C@@H]1C[C@]1(NC(=O)[C@@H]1C[C@@H](Oc2ncc(OC)c3ccc(Cl)cc23)CN1C(=O)[C@@H](Nc1cccc(C(=O)NC(C)(C)C)c1)C(C)(C)C)C(=O)NS(=O)(=O)C1CC1. The van der Waals surface area contributed by atoms with E-state index >= 15 is 0 Å². The standard InChI is InChI=1S/C41H51ClN6O8S/c1-9-24-20-41(24,38(52)47-57(53,54)28-14-15-28)46-35(50)31-19-27(56-36-30-18-25(42)13-16-29(30)32(55-8)21-43-36)22-48(31)37(51)33(39(2,3)4)44-26-12-10-11-23(17-26)34(49)45-40(5,6)7/h9-13,16-18,21,24,27-28,31,33,44H,1,14-15,19-20,22H2,2-8H3,(H,45,49)(H,46,50)(H,47,52)/t24-,27-,31+,33-,41-/m1/s1. The van der Waals surface area contributed by atoms with Gasteiger partial charge in [0.05, 0.1) is 25.1 Å². The lowest BCUT2D eigenvalue weighted by atomic mass is 9.85. The first-order valence-electron chi connectivity index (χ1n) is 18.9. The smallest absolute Gasteiger partial charge is 0.259 e. The molecule has 2 aromatic carbocycles. The van der Waals surface area contributed by atoms with Crippen LogP contribution < -0.4 is 30.1 Å². The van der Waals surface area contributed by atoms with Crippen molar-refractivity contribution in [1.29, 1.82) is 0 Å². The zero-order valence-electron chi connectivity index (χ0n) is 33.3. The van der Waals surface area contributed by atoms with E-state index < -0.39 is 73.6 Å². The maximum Gasteiger partial charge on any atom is 0.259 e. The summed E-state index contributed by atoms with van der Waals surface area (Å²) in [5.74, 6) is -2.00. The molecule has 6 rings (SSSR count). The van der Waals surface area contributed by atoms with Crippen molar-refractivity contribution in [2.75, 3.05) is 19.0 Å². The highest BCUT2D eigenvalue weighted by molar-refractivity contribution is 7.91. The first-order chi connectivity index (χ1) is 26.7. The van der Waals surface area contributed by atoms with Crippen molar-refractivity contribution < 1.29 is 37.1 Å². The summed E-state index contributed by atoms with van der Waals surface area (Å²) < 4.78 is 39.7. The number of pyridine rings is 1. The highest BCUT2D eigenvalue weighted by Crippen LogP contribution is 2.46. The lowest BCUT2D eigenvalue weighted by molar-refractivity contribution is -0.141. The number of sulfonamides is 1. The Hall–Kier alpha value is -4.89. The quantitative estimate of drug-likeness (QED) is 0.172. The molecule has 16 heteroatoms. The fourth-order valence-electron chi connectivity index (χ4n) is 7.12. The van der Waals surface area contributed by atoms with Gasteiger partial charge in [-0.2, -0.15) is 0 Å². The number of hydrogen-bond donors (Lipinski definition) is 4. The summed E-state index contributed by atoms with van der Waals surface area (Å²) in [7, 11) is -2.39. The Bertz CT molecular complexity index is 2220. The molecule has 57 heavy (non-hydrogen) atoms. The number of rotatable bonds is 13. The van der Waals surface area contributed by atoms with E-state index in [9.17, 15) is 27.6 Å². The van der Waals surface area contributed by atoms with Crippen LogP contribution in [-0.4, -0.2) is 90.1 Å². The predicted molar refractivity (Wildman–Crippen MR) is 218 cm³/mol. The lowest BCUT2D eigenvalue weighted by Crippen LogP contribution is -2.58. The number of halogens is 1. The summed E-state index contributed by atoms with van der Waals surface area (Å²) in [6.45, 7) is 15.1. The maximum absolute atomic E-state index is 14.9. The molecule has 4 N–H and O–H groups in total. The van der Waals surface area contributed by atoms with Gasteiger partial charge in [0.1, 0.15) is 29.5 Å². The highest BCUT2D eigenvalue weighted by Gasteiger charge is 2.62. The number of benzene rings is 2. The van der Waals surface area contributed by atoms with Crippen molar-refractivity contribution in [2.24, 2.45) is 11.3 Å². The van der Waals surface area contributed by atoms with Crippen LogP contribution in [0.1, 0.15) is 77.6 Å². The Labute approximate surface area is 338 Å². The van der Waals surface area contributed by atoms with E-state index in [2.05, 4.69) is 32.2 Å². The van der Waals surface area contributed by atoms with Crippen LogP contribution in [0.15, 0.2) is 61.3 Å². The van der Waals surface area contributed by atoms with Gasteiger partial charge in [-0.3, -0.25) is 23.9 Å².